The lowest BCUT2D eigenvalue weighted by atomic mass is 9.80. The molecule has 1 aliphatic carbocycles. The van der Waals surface area contributed by atoms with Crippen molar-refractivity contribution in [3.05, 3.63) is 46.8 Å². The van der Waals surface area contributed by atoms with Crippen LogP contribution in [0.1, 0.15) is 24.6 Å². The average molecular weight is 304 g/mol. The second-order valence-corrected chi connectivity index (χ2v) is 5.65. The average Bonchev–Trinajstić information content (AvgIpc) is 2.36. The number of rotatable bonds is 2. The van der Waals surface area contributed by atoms with E-state index in [1.165, 1.54) is 0 Å². The lowest BCUT2D eigenvalue weighted by Gasteiger charge is -2.31. The van der Waals surface area contributed by atoms with Crippen LogP contribution in [0, 0.1) is 0 Å². The van der Waals surface area contributed by atoms with E-state index < -0.39 is 0 Å². The van der Waals surface area contributed by atoms with Crippen molar-refractivity contribution in [3.63, 3.8) is 0 Å². The Balaban J connectivity index is 1.89. The van der Waals surface area contributed by atoms with Gasteiger partial charge in [-0.2, -0.15) is 0 Å². The number of nitrogens with two attached hydrogens (primary N) is 1. The van der Waals surface area contributed by atoms with Crippen LogP contribution in [0.4, 0.5) is 0 Å². The van der Waals surface area contributed by atoms with Gasteiger partial charge in [0.25, 0.3) is 0 Å². The minimum atomic E-state index is 0.329. The summed E-state index contributed by atoms with van der Waals surface area (Å²) in [6, 6.07) is 10.4. The van der Waals surface area contributed by atoms with E-state index in [0.29, 0.717) is 12.0 Å². The zero-order valence-electron chi connectivity index (χ0n) is 9.88. The molecule has 0 atom stereocenters. The largest absolute Gasteiger partial charge is 0.328 e. The van der Waals surface area contributed by atoms with E-state index in [-0.39, 0.29) is 0 Å². The standard InChI is InChI=1S/C14H14BrN3/c15-11-3-1-9(2-4-11)13-5-6-17-14(18-13)10-7-12(16)8-10/h1-6,10,12H,7-8,16H2. The van der Waals surface area contributed by atoms with Crippen molar-refractivity contribution in [2.75, 3.05) is 0 Å². The molecule has 0 aliphatic heterocycles. The number of hydrogen-bond acceptors (Lipinski definition) is 3. The van der Waals surface area contributed by atoms with Gasteiger partial charge in [0.05, 0.1) is 5.69 Å². The molecule has 1 fully saturated rings. The van der Waals surface area contributed by atoms with Crippen molar-refractivity contribution in [1.82, 2.24) is 9.97 Å². The number of benzene rings is 1. The highest BCUT2D eigenvalue weighted by Gasteiger charge is 2.29. The van der Waals surface area contributed by atoms with Crippen LogP contribution >= 0.6 is 15.9 Å². The van der Waals surface area contributed by atoms with Crippen LogP contribution in [0.5, 0.6) is 0 Å². The minimum absolute atomic E-state index is 0.329. The molecule has 0 spiro atoms. The van der Waals surface area contributed by atoms with Crippen molar-refractivity contribution in [2.24, 2.45) is 5.73 Å². The molecule has 1 aromatic carbocycles. The Kier molecular flexibility index (Phi) is 3.14. The van der Waals surface area contributed by atoms with E-state index in [1.807, 2.05) is 24.4 Å². The van der Waals surface area contributed by atoms with Crippen LogP contribution in [0.3, 0.4) is 0 Å². The molecular formula is C14H14BrN3. The van der Waals surface area contributed by atoms with Gasteiger partial charge in [-0.25, -0.2) is 9.97 Å². The second-order valence-electron chi connectivity index (χ2n) is 4.74. The summed E-state index contributed by atoms with van der Waals surface area (Å²) in [5.41, 5.74) is 7.91. The van der Waals surface area contributed by atoms with Crippen LogP contribution in [0.15, 0.2) is 41.0 Å². The maximum atomic E-state index is 5.81. The highest BCUT2D eigenvalue weighted by Crippen LogP contribution is 2.34. The smallest absolute Gasteiger partial charge is 0.132 e. The zero-order chi connectivity index (χ0) is 12.5. The second kappa shape index (κ2) is 4.78. The summed E-state index contributed by atoms with van der Waals surface area (Å²) in [7, 11) is 0. The molecule has 1 heterocycles. The molecular weight excluding hydrogens is 290 g/mol. The Morgan fingerprint density at radius 3 is 2.50 bits per heavy atom. The highest BCUT2D eigenvalue weighted by molar-refractivity contribution is 9.10. The van der Waals surface area contributed by atoms with Crippen LogP contribution in [0.25, 0.3) is 11.3 Å². The third kappa shape index (κ3) is 2.31. The van der Waals surface area contributed by atoms with Gasteiger partial charge >= 0.3 is 0 Å². The molecule has 2 aromatic rings. The molecule has 1 saturated carbocycles. The molecule has 0 amide bonds. The Morgan fingerprint density at radius 2 is 1.83 bits per heavy atom. The Labute approximate surface area is 115 Å². The van der Waals surface area contributed by atoms with Crippen LogP contribution in [-0.4, -0.2) is 16.0 Å². The predicted molar refractivity (Wildman–Crippen MR) is 75.1 cm³/mol. The van der Waals surface area contributed by atoms with Gasteiger partial charge in [0, 0.05) is 28.2 Å². The molecule has 18 heavy (non-hydrogen) atoms. The minimum Gasteiger partial charge on any atom is -0.328 e. The molecule has 3 rings (SSSR count). The summed E-state index contributed by atoms with van der Waals surface area (Å²) in [5, 5.41) is 0. The summed E-state index contributed by atoms with van der Waals surface area (Å²) in [5.74, 6) is 1.37. The van der Waals surface area contributed by atoms with Gasteiger partial charge in [0.15, 0.2) is 0 Å². The fourth-order valence-corrected chi connectivity index (χ4v) is 2.49. The molecule has 3 nitrogen and oxygen atoms in total. The van der Waals surface area contributed by atoms with Crippen LogP contribution < -0.4 is 5.73 Å². The number of hydrogen-bond donors (Lipinski definition) is 1. The number of nitrogens with zero attached hydrogens (tertiary/aromatic N) is 2. The molecule has 1 aliphatic rings. The van der Waals surface area contributed by atoms with Gasteiger partial charge in [0.1, 0.15) is 5.82 Å². The molecule has 1 aromatic heterocycles. The summed E-state index contributed by atoms with van der Waals surface area (Å²) < 4.78 is 1.07. The normalized spacial score (nSPS) is 22.6. The molecule has 4 heteroatoms. The first kappa shape index (κ1) is 11.8. The third-order valence-corrected chi connectivity index (χ3v) is 3.88. The first-order chi connectivity index (χ1) is 8.72. The molecule has 0 radical (unpaired) electrons. The Bertz CT molecular complexity index is 547. The van der Waals surface area contributed by atoms with E-state index in [1.54, 1.807) is 0 Å². The Hall–Kier alpha value is -1.26. The van der Waals surface area contributed by atoms with Crippen molar-refractivity contribution in [1.29, 1.82) is 0 Å². The summed E-state index contributed by atoms with van der Waals surface area (Å²) in [6.45, 7) is 0. The molecule has 0 unspecified atom stereocenters. The molecule has 0 saturated heterocycles. The van der Waals surface area contributed by atoms with Crippen LogP contribution in [0.2, 0.25) is 0 Å². The third-order valence-electron chi connectivity index (χ3n) is 3.35. The molecule has 92 valence electrons. The first-order valence-corrected chi connectivity index (χ1v) is 6.86. The summed E-state index contributed by atoms with van der Waals surface area (Å²) >= 11 is 3.44. The van der Waals surface area contributed by atoms with Gasteiger partial charge in [-0.05, 0) is 31.0 Å². The van der Waals surface area contributed by atoms with E-state index in [2.05, 4.69) is 38.0 Å². The Morgan fingerprint density at radius 1 is 1.11 bits per heavy atom. The highest BCUT2D eigenvalue weighted by atomic mass is 79.9. The van der Waals surface area contributed by atoms with E-state index in [0.717, 1.165) is 34.4 Å². The van der Waals surface area contributed by atoms with Crippen LogP contribution in [-0.2, 0) is 0 Å². The maximum Gasteiger partial charge on any atom is 0.132 e. The molecule has 2 N–H and O–H groups in total. The lowest BCUT2D eigenvalue weighted by Crippen LogP contribution is -2.35. The number of halogens is 1. The van der Waals surface area contributed by atoms with Gasteiger partial charge in [-0.15, -0.1) is 0 Å². The van der Waals surface area contributed by atoms with Crippen molar-refractivity contribution in [3.8, 4) is 11.3 Å². The predicted octanol–water partition coefficient (Wildman–Crippen LogP) is 3.11. The first-order valence-electron chi connectivity index (χ1n) is 6.07. The van der Waals surface area contributed by atoms with Gasteiger partial charge in [-0.3, -0.25) is 0 Å². The molecule has 0 bridgehead atoms. The summed E-state index contributed by atoms with van der Waals surface area (Å²) in [4.78, 5) is 9.01. The van der Waals surface area contributed by atoms with E-state index in [9.17, 15) is 0 Å². The fraction of sp³-hybridized carbons (Fsp3) is 0.286. The fourth-order valence-electron chi connectivity index (χ4n) is 2.22. The zero-order valence-corrected chi connectivity index (χ0v) is 11.5. The van der Waals surface area contributed by atoms with E-state index >= 15 is 0 Å². The quantitative estimate of drug-likeness (QED) is 0.927. The topological polar surface area (TPSA) is 51.8 Å². The summed E-state index contributed by atoms with van der Waals surface area (Å²) in [6.07, 6.45) is 3.84. The number of aromatic nitrogens is 2. The lowest BCUT2D eigenvalue weighted by molar-refractivity contribution is 0.338. The van der Waals surface area contributed by atoms with Gasteiger partial charge in [-0.1, -0.05) is 28.1 Å². The van der Waals surface area contributed by atoms with Gasteiger partial charge < -0.3 is 5.73 Å². The van der Waals surface area contributed by atoms with Gasteiger partial charge in [0.2, 0.25) is 0 Å². The maximum absolute atomic E-state index is 5.81. The van der Waals surface area contributed by atoms with E-state index in [4.69, 9.17) is 5.73 Å². The monoisotopic (exact) mass is 303 g/mol. The van der Waals surface area contributed by atoms with Crippen molar-refractivity contribution in [2.45, 2.75) is 24.8 Å². The SMILES string of the molecule is NC1CC(c2nccc(-c3ccc(Br)cc3)n2)C1. The van der Waals surface area contributed by atoms with Crippen molar-refractivity contribution >= 4 is 15.9 Å². The van der Waals surface area contributed by atoms with Crippen molar-refractivity contribution < 1.29 is 0 Å².